The molecule has 0 amide bonds. The normalized spacial score (nSPS) is 9.83. The first-order chi connectivity index (χ1) is 5.74. The average Bonchev–Trinajstić information content (AvgIpc) is 2.06. The summed E-state index contributed by atoms with van der Waals surface area (Å²) in [6, 6.07) is 7.41. The maximum absolute atomic E-state index is 11.3. The van der Waals surface area contributed by atoms with Crippen LogP contribution in [-0.4, -0.2) is 5.78 Å². The average molecular weight is 226 g/mol. The van der Waals surface area contributed by atoms with E-state index in [9.17, 15) is 4.79 Å². The largest absolute Gasteiger partial charge is 0.294 e. The van der Waals surface area contributed by atoms with E-state index in [2.05, 4.69) is 15.9 Å². The minimum atomic E-state index is 0.171. The van der Waals surface area contributed by atoms with Crippen LogP contribution in [-0.2, 0) is 0 Å². The highest BCUT2D eigenvalue weighted by atomic mass is 79.9. The highest BCUT2D eigenvalue weighted by molar-refractivity contribution is 9.10. The number of hydrogen-bond acceptors (Lipinski definition) is 1. The molecule has 63 valence electrons. The molecule has 0 heterocycles. The molecule has 12 heavy (non-hydrogen) atoms. The molecule has 0 aliphatic heterocycles. The lowest BCUT2D eigenvalue weighted by atomic mass is 10.1. The Kier molecular flexibility index (Phi) is 3.48. The van der Waals surface area contributed by atoms with E-state index in [0.717, 1.165) is 10.0 Å². The molecule has 0 saturated heterocycles. The molecule has 2 heteroatoms. The summed E-state index contributed by atoms with van der Waals surface area (Å²) in [6.07, 6.45) is 2.38. The molecule has 0 fully saturated rings. The van der Waals surface area contributed by atoms with Crippen LogP contribution < -0.4 is 0 Å². The second-order valence-corrected chi connectivity index (χ2v) is 3.46. The second kappa shape index (κ2) is 4.41. The molecule has 0 aromatic heterocycles. The zero-order valence-corrected chi connectivity index (χ0v) is 8.47. The monoisotopic (exact) mass is 225 g/mol. The lowest BCUT2D eigenvalue weighted by Crippen LogP contribution is -1.97. The molecule has 0 atom stereocenters. The van der Waals surface area contributed by atoms with Crippen molar-refractivity contribution in [3.63, 3.8) is 0 Å². The standard InChI is InChI=1S/C10H10BrO/c1-2-3-10(12)8-4-6-9(11)7-5-8/h2,4-7H,3H2,1H3. The van der Waals surface area contributed by atoms with Crippen LogP contribution in [0.25, 0.3) is 0 Å². The zero-order valence-electron chi connectivity index (χ0n) is 6.88. The molecule has 0 aliphatic rings. The minimum absolute atomic E-state index is 0.171. The fourth-order valence-electron chi connectivity index (χ4n) is 0.939. The summed E-state index contributed by atoms with van der Waals surface area (Å²) >= 11 is 3.31. The van der Waals surface area contributed by atoms with E-state index in [4.69, 9.17) is 0 Å². The number of ketones is 1. The van der Waals surface area contributed by atoms with Gasteiger partial charge in [0.15, 0.2) is 5.78 Å². The number of carbonyl (C=O) groups is 1. The Morgan fingerprint density at radius 3 is 2.50 bits per heavy atom. The van der Waals surface area contributed by atoms with E-state index in [1.807, 2.05) is 37.6 Å². The summed E-state index contributed by atoms with van der Waals surface area (Å²) in [7, 11) is 0. The van der Waals surface area contributed by atoms with Crippen LogP contribution in [0.1, 0.15) is 23.7 Å². The van der Waals surface area contributed by atoms with Gasteiger partial charge < -0.3 is 0 Å². The zero-order chi connectivity index (χ0) is 8.97. The van der Waals surface area contributed by atoms with Crippen molar-refractivity contribution in [3.8, 4) is 0 Å². The highest BCUT2D eigenvalue weighted by Gasteiger charge is 2.02. The van der Waals surface area contributed by atoms with Crippen molar-refractivity contribution in [3.05, 3.63) is 40.7 Å². The van der Waals surface area contributed by atoms with E-state index in [1.54, 1.807) is 0 Å². The summed E-state index contributed by atoms with van der Waals surface area (Å²) in [4.78, 5) is 11.3. The first kappa shape index (κ1) is 9.46. The van der Waals surface area contributed by atoms with Crippen LogP contribution >= 0.6 is 15.9 Å². The maximum atomic E-state index is 11.3. The van der Waals surface area contributed by atoms with Gasteiger partial charge in [0.05, 0.1) is 0 Å². The first-order valence-electron chi connectivity index (χ1n) is 3.80. The van der Waals surface area contributed by atoms with Gasteiger partial charge in [-0.25, -0.2) is 0 Å². The lowest BCUT2D eigenvalue weighted by molar-refractivity contribution is 0.0992. The van der Waals surface area contributed by atoms with E-state index in [-0.39, 0.29) is 5.78 Å². The van der Waals surface area contributed by atoms with E-state index in [0.29, 0.717) is 6.42 Å². The first-order valence-corrected chi connectivity index (χ1v) is 4.60. The van der Waals surface area contributed by atoms with Crippen molar-refractivity contribution in [2.24, 2.45) is 0 Å². The van der Waals surface area contributed by atoms with Crippen molar-refractivity contribution < 1.29 is 4.79 Å². The minimum Gasteiger partial charge on any atom is -0.294 e. The van der Waals surface area contributed by atoms with Gasteiger partial charge in [-0.3, -0.25) is 4.79 Å². The van der Waals surface area contributed by atoms with Crippen molar-refractivity contribution >= 4 is 21.7 Å². The van der Waals surface area contributed by atoms with Gasteiger partial charge in [-0.05, 0) is 18.6 Å². The van der Waals surface area contributed by atoms with Gasteiger partial charge in [0.2, 0.25) is 0 Å². The summed E-state index contributed by atoms with van der Waals surface area (Å²) in [5.74, 6) is 0.171. The maximum Gasteiger partial charge on any atom is 0.163 e. The van der Waals surface area contributed by atoms with E-state index in [1.165, 1.54) is 0 Å². The molecule has 1 nitrogen and oxygen atoms in total. The van der Waals surface area contributed by atoms with Crippen molar-refractivity contribution in [1.29, 1.82) is 0 Å². The molecular formula is C10H10BrO. The number of Topliss-reactive ketones (excluding diaryl/α,β-unsaturated/α-hetero) is 1. The van der Waals surface area contributed by atoms with E-state index < -0.39 is 0 Å². The van der Waals surface area contributed by atoms with Gasteiger partial charge in [-0.2, -0.15) is 0 Å². The smallest absolute Gasteiger partial charge is 0.163 e. The Morgan fingerprint density at radius 2 is 2.00 bits per heavy atom. The van der Waals surface area contributed by atoms with Gasteiger partial charge in [0, 0.05) is 16.5 Å². The van der Waals surface area contributed by atoms with Crippen LogP contribution in [0.15, 0.2) is 28.7 Å². The highest BCUT2D eigenvalue weighted by Crippen LogP contribution is 2.12. The van der Waals surface area contributed by atoms with Crippen LogP contribution in [0.5, 0.6) is 0 Å². The van der Waals surface area contributed by atoms with Crippen molar-refractivity contribution in [1.82, 2.24) is 0 Å². The molecule has 0 saturated carbocycles. The Bertz CT molecular complexity index is 264. The van der Waals surface area contributed by atoms with Gasteiger partial charge in [-0.15, -0.1) is 0 Å². The van der Waals surface area contributed by atoms with Crippen LogP contribution in [0, 0.1) is 6.42 Å². The molecule has 0 N–H and O–H groups in total. The second-order valence-electron chi connectivity index (χ2n) is 2.54. The topological polar surface area (TPSA) is 17.1 Å². The summed E-state index contributed by atoms with van der Waals surface area (Å²) in [5.41, 5.74) is 0.774. The molecule has 0 unspecified atom stereocenters. The number of benzene rings is 1. The molecule has 0 bridgehead atoms. The van der Waals surface area contributed by atoms with Crippen molar-refractivity contribution in [2.75, 3.05) is 0 Å². The summed E-state index contributed by atoms with van der Waals surface area (Å²) in [5, 5.41) is 0. The number of halogens is 1. The SMILES string of the molecule is C[CH]CC(=O)c1ccc(Br)cc1. The van der Waals surface area contributed by atoms with Gasteiger partial charge >= 0.3 is 0 Å². The Hall–Kier alpha value is -0.630. The molecular weight excluding hydrogens is 216 g/mol. The summed E-state index contributed by atoms with van der Waals surface area (Å²) < 4.78 is 1.000. The Morgan fingerprint density at radius 1 is 1.42 bits per heavy atom. The molecule has 0 aliphatic carbocycles. The quantitative estimate of drug-likeness (QED) is 0.723. The molecule has 1 rings (SSSR count). The summed E-state index contributed by atoms with van der Waals surface area (Å²) in [6.45, 7) is 1.89. The van der Waals surface area contributed by atoms with Crippen LogP contribution in [0.2, 0.25) is 0 Å². The van der Waals surface area contributed by atoms with Crippen LogP contribution in [0.3, 0.4) is 0 Å². The number of carbonyl (C=O) groups excluding carboxylic acids is 1. The third-order valence-electron chi connectivity index (χ3n) is 1.56. The third kappa shape index (κ3) is 2.45. The molecule has 1 aromatic rings. The predicted molar refractivity (Wildman–Crippen MR) is 53.1 cm³/mol. The van der Waals surface area contributed by atoms with Crippen molar-refractivity contribution in [2.45, 2.75) is 13.3 Å². The lowest BCUT2D eigenvalue weighted by Gasteiger charge is -1.97. The van der Waals surface area contributed by atoms with E-state index >= 15 is 0 Å². The third-order valence-corrected chi connectivity index (χ3v) is 2.08. The molecule has 0 spiro atoms. The van der Waals surface area contributed by atoms with Gasteiger partial charge in [0.1, 0.15) is 0 Å². The van der Waals surface area contributed by atoms with Gasteiger partial charge in [-0.1, -0.05) is 35.0 Å². The van der Waals surface area contributed by atoms with Crippen LogP contribution in [0.4, 0.5) is 0 Å². The number of rotatable bonds is 3. The molecule has 1 aromatic carbocycles. The fourth-order valence-corrected chi connectivity index (χ4v) is 1.20. The Labute approximate surface area is 80.9 Å². The molecule has 1 radical (unpaired) electrons. The predicted octanol–water partition coefficient (Wildman–Crippen LogP) is 3.25. The number of hydrogen-bond donors (Lipinski definition) is 0. The Balaban J connectivity index is 2.75. The van der Waals surface area contributed by atoms with Gasteiger partial charge in [0.25, 0.3) is 0 Å². The fraction of sp³-hybridized carbons (Fsp3) is 0.200.